The number of hydrogen-bond acceptors (Lipinski definition) is 3. The van der Waals surface area contributed by atoms with Crippen LogP contribution in [0.25, 0.3) is 0 Å². The standard InChI is InChI=1S/C6H14ClO2PS/c1-3-5-8-10(7,11)9-6-4-2/h3-6H2,1-2H3. The third kappa shape index (κ3) is 7.23. The van der Waals surface area contributed by atoms with Gasteiger partial charge in [-0.1, -0.05) is 13.8 Å². The van der Waals surface area contributed by atoms with E-state index in [9.17, 15) is 0 Å². The van der Waals surface area contributed by atoms with Crippen LogP contribution in [0.2, 0.25) is 0 Å². The summed E-state index contributed by atoms with van der Waals surface area (Å²) in [5.41, 5.74) is 0. The van der Waals surface area contributed by atoms with Crippen LogP contribution in [-0.2, 0) is 20.9 Å². The summed E-state index contributed by atoms with van der Waals surface area (Å²) >= 11 is 10.7. The maximum absolute atomic E-state index is 5.78. The molecular formula is C6H14ClO2PS. The minimum atomic E-state index is -2.42. The van der Waals surface area contributed by atoms with Gasteiger partial charge in [0, 0.05) is 0 Å². The second kappa shape index (κ2) is 6.38. The number of hydrogen-bond donors (Lipinski definition) is 0. The van der Waals surface area contributed by atoms with Gasteiger partial charge in [-0.15, -0.1) is 0 Å². The maximum Gasteiger partial charge on any atom is 0.281 e. The minimum Gasteiger partial charge on any atom is -0.318 e. The summed E-state index contributed by atoms with van der Waals surface area (Å²) in [6.45, 7) is 5.19. The van der Waals surface area contributed by atoms with Gasteiger partial charge in [0.15, 0.2) is 0 Å². The average molecular weight is 217 g/mol. The van der Waals surface area contributed by atoms with Crippen LogP contribution in [0.5, 0.6) is 0 Å². The molecular weight excluding hydrogens is 203 g/mol. The van der Waals surface area contributed by atoms with Crippen molar-refractivity contribution in [1.82, 2.24) is 0 Å². The van der Waals surface area contributed by atoms with E-state index in [1.165, 1.54) is 0 Å². The number of halogens is 1. The Morgan fingerprint density at radius 1 is 1.18 bits per heavy atom. The Balaban J connectivity index is 3.53. The first kappa shape index (κ1) is 11.9. The summed E-state index contributed by atoms with van der Waals surface area (Å²) in [5, 5.41) is 0. The minimum absolute atomic E-state index is 0.588. The van der Waals surface area contributed by atoms with E-state index in [0.29, 0.717) is 13.2 Å². The van der Waals surface area contributed by atoms with Crippen LogP contribution in [0.3, 0.4) is 0 Å². The summed E-state index contributed by atoms with van der Waals surface area (Å²) in [6.07, 6.45) is 1.83. The molecule has 0 aromatic rings. The van der Waals surface area contributed by atoms with Crippen LogP contribution in [0, 0.1) is 0 Å². The molecule has 0 aromatic carbocycles. The van der Waals surface area contributed by atoms with Gasteiger partial charge < -0.3 is 9.05 Å². The van der Waals surface area contributed by atoms with Crippen LogP contribution in [0.4, 0.5) is 0 Å². The topological polar surface area (TPSA) is 18.5 Å². The van der Waals surface area contributed by atoms with Crippen molar-refractivity contribution in [2.45, 2.75) is 26.7 Å². The molecule has 0 heterocycles. The normalized spacial score (nSPS) is 11.9. The van der Waals surface area contributed by atoms with Crippen molar-refractivity contribution in [3.8, 4) is 0 Å². The van der Waals surface area contributed by atoms with E-state index in [1.54, 1.807) is 0 Å². The molecule has 0 rings (SSSR count). The summed E-state index contributed by atoms with van der Waals surface area (Å²) in [4.78, 5) is 0. The Hall–Kier alpha value is 0.860. The maximum atomic E-state index is 5.78. The molecule has 0 bridgehead atoms. The molecule has 2 nitrogen and oxygen atoms in total. The van der Waals surface area contributed by atoms with Gasteiger partial charge in [0.1, 0.15) is 0 Å². The van der Waals surface area contributed by atoms with Crippen molar-refractivity contribution in [3.63, 3.8) is 0 Å². The molecule has 0 saturated carbocycles. The smallest absolute Gasteiger partial charge is 0.281 e. The van der Waals surface area contributed by atoms with Crippen LogP contribution in [-0.4, -0.2) is 13.2 Å². The predicted octanol–water partition coefficient (Wildman–Crippen LogP) is 3.30. The lowest BCUT2D eigenvalue weighted by Gasteiger charge is -2.13. The first-order valence-corrected chi connectivity index (χ1v) is 7.25. The van der Waals surface area contributed by atoms with Crippen molar-refractivity contribution < 1.29 is 9.05 Å². The van der Waals surface area contributed by atoms with Crippen LogP contribution in [0.15, 0.2) is 0 Å². The molecule has 0 fully saturated rings. The average Bonchev–Trinajstić information content (AvgIpc) is 1.97. The highest BCUT2D eigenvalue weighted by molar-refractivity contribution is 8.22. The lowest BCUT2D eigenvalue weighted by molar-refractivity contribution is 0.258. The van der Waals surface area contributed by atoms with E-state index in [1.807, 2.05) is 13.8 Å². The van der Waals surface area contributed by atoms with Gasteiger partial charge in [-0.3, -0.25) is 0 Å². The zero-order chi connectivity index (χ0) is 8.74. The monoisotopic (exact) mass is 216 g/mol. The molecule has 0 radical (unpaired) electrons. The fraction of sp³-hybridized carbons (Fsp3) is 1.00. The van der Waals surface area contributed by atoms with Crippen molar-refractivity contribution in [2.75, 3.05) is 13.2 Å². The summed E-state index contributed by atoms with van der Waals surface area (Å²) < 4.78 is 10.3. The van der Waals surface area contributed by atoms with Gasteiger partial charge in [0.25, 0.3) is 5.84 Å². The van der Waals surface area contributed by atoms with Gasteiger partial charge in [-0.05, 0) is 35.9 Å². The van der Waals surface area contributed by atoms with E-state index in [4.69, 9.17) is 32.1 Å². The lowest BCUT2D eigenvalue weighted by Crippen LogP contribution is -1.92. The molecule has 0 aliphatic carbocycles. The zero-order valence-corrected chi connectivity index (χ0v) is 9.35. The highest BCUT2D eigenvalue weighted by Crippen LogP contribution is 2.53. The third-order valence-electron chi connectivity index (χ3n) is 0.899. The molecule has 0 unspecified atom stereocenters. The molecule has 0 aliphatic heterocycles. The van der Waals surface area contributed by atoms with Gasteiger partial charge in [-0.25, -0.2) is 0 Å². The highest BCUT2D eigenvalue weighted by Gasteiger charge is 2.12. The second-order valence-electron chi connectivity index (χ2n) is 2.10. The molecule has 5 heteroatoms. The molecule has 0 saturated heterocycles. The van der Waals surface area contributed by atoms with Crippen molar-refractivity contribution >= 4 is 28.9 Å². The van der Waals surface area contributed by atoms with Crippen molar-refractivity contribution in [2.24, 2.45) is 0 Å². The number of rotatable bonds is 6. The van der Waals surface area contributed by atoms with Crippen molar-refractivity contribution in [1.29, 1.82) is 0 Å². The summed E-state index contributed by atoms with van der Waals surface area (Å²) in [5.74, 6) is -2.42. The molecule has 0 aliphatic rings. The molecule has 0 N–H and O–H groups in total. The molecule has 68 valence electrons. The van der Waals surface area contributed by atoms with Crippen molar-refractivity contribution in [3.05, 3.63) is 0 Å². The van der Waals surface area contributed by atoms with E-state index in [0.717, 1.165) is 12.8 Å². The van der Waals surface area contributed by atoms with Gasteiger partial charge in [-0.2, -0.15) is 0 Å². The first-order valence-electron chi connectivity index (χ1n) is 3.71. The molecule has 11 heavy (non-hydrogen) atoms. The van der Waals surface area contributed by atoms with Crippen LogP contribution in [0.1, 0.15) is 26.7 Å². The Morgan fingerprint density at radius 2 is 1.55 bits per heavy atom. The Morgan fingerprint density at radius 3 is 1.82 bits per heavy atom. The van der Waals surface area contributed by atoms with Gasteiger partial charge in [0.05, 0.1) is 13.2 Å². The zero-order valence-electron chi connectivity index (χ0n) is 6.88. The van der Waals surface area contributed by atoms with Crippen LogP contribution >= 0.6 is 17.1 Å². The predicted molar refractivity (Wildman–Crippen MR) is 52.6 cm³/mol. The van der Waals surface area contributed by atoms with Crippen LogP contribution < -0.4 is 0 Å². The molecule has 0 amide bonds. The van der Waals surface area contributed by atoms with E-state index < -0.39 is 5.84 Å². The van der Waals surface area contributed by atoms with Gasteiger partial charge in [0.2, 0.25) is 0 Å². The van der Waals surface area contributed by atoms with Gasteiger partial charge >= 0.3 is 0 Å². The fourth-order valence-corrected chi connectivity index (χ4v) is 2.18. The highest BCUT2D eigenvalue weighted by atomic mass is 35.7. The Kier molecular flexibility index (Phi) is 6.88. The van der Waals surface area contributed by atoms with E-state index in [-0.39, 0.29) is 0 Å². The largest absolute Gasteiger partial charge is 0.318 e. The SMILES string of the molecule is CCCOP(=S)(Cl)OCCC. The summed E-state index contributed by atoms with van der Waals surface area (Å²) in [6, 6.07) is 0. The lowest BCUT2D eigenvalue weighted by atomic mass is 10.5. The fourth-order valence-electron chi connectivity index (χ4n) is 0.438. The first-order chi connectivity index (χ1) is 5.12. The Labute approximate surface area is 78.2 Å². The summed E-state index contributed by atoms with van der Waals surface area (Å²) in [7, 11) is 0. The third-order valence-corrected chi connectivity index (χ3v) is 3.10. The van der Waals surface area contributed by atoms with E-state index in [2.05, 4.69) is 0 Å². The van der Waals surface area contributed by atoms with E-state index >= 15 is 0 Å². The second-order valence-corrected chi connectivity index (χ2v) is 6.85. The molecule has 0 aromatic heterocycles. The Bertz CT molecular complexity index is 131. The molecule has 0 atom stereocenters. The molecule has 0 spiro atoms. The quantitative estimate of drug-likeness (QED) is 0.635.